The molecular formula is C21H25INO7P. The van der Waals surface area contributed by atoms with E-state index in [1.165, 1.54) is 14.0 Å². The number of methoxy groups -OCH3 is 1. The van der Waals surface area contributed by atoms with Crippen LogP contribution in [0.1, 0.15) is 36.7 Å². The molecule has 0 amide bonds. The van der Waals surface area contributed by atoms with E-state index in [2.05, 4.69) is 5.09 Å². The van der Waals surface area contributed by atoms with Crippen LogP contribution in [0.3, 0.4) is 0 Å². The minimum Gasteiger partial charge on any atom is -0.465 e. The number of benzene rings is 2. The van der Waals surface area contributed by atoms with Crippen LogP contribution in [0.15, 0.2) is 42.5 Å². The van der Waals surface area contributed by atoms with Gasteiger partial charge in [-0.25, -0.2) is 9.36 Å². The highest BCUT2D eigenvalue weighted by molar-refractivity contribution is 14.1. The third-order valence-electron chi connectivity index (χ3n) is 3.89. The quantitative estimate of drug-likeness (QED) is 0.263. The molecule has 168 valence electrons. The van der Waals surface area contributed by atoms with Crippen molar-refractivity contribution in [2.24, 2.45) is 0 Å². The summed E-state index contributed by atoms with van der Waals surface area (Å²) in [6.45, 7) is 6.64. The van der Waals surface area contributed by atoms with E-state index in [1.54, 1.807) is 63.2 Å². The van der Waals surface area contributed by atoms with Crippen molar-refractivity contribution in [3.05, 3.63) is 57.2 Å². The first-order valence-corrected chi connectivity index (χ1v) is 12.1. The van der Waals surface area contributed by atoms with Gasteiger partial charge in [-0.1, -0.05) is 18.2 Å². The van der Waals surface area contributed by atoms with Gasteiger partial charge >= 0.3 is 19.7 Å². The van der Waals surface area contributed by atoms with Crippen LogP contribution in [-0.4, -0.2) is 31.2 Å². The van der Waals surface area contributed by atoms with Crippen molar-refractivity contribution < 1.29 is 32.7 Å². The van der Waals surface area contributed by atoms with E-state index in [0.29, 0.717) is 20.4 Å². The number of esters is 2. The van der Waals surface area contributed by atoms with Crippen LogP contribution < -0.4 is 14.1 Å². The predicted octanol–water partition coefficient (Wildman–Crippen LogP) is 4.88. The van der Waals surface area contributed by atoms with Gasteiger partial charge in [-0.15, -0.1) is 0 Å². The average Bonchev–Trinajstić information content (AvgIpc) is 2.70. The number of carbonyl (C=O) groups is 2. The highest BCUT2D eigenvalue weighted by Crippen LogP contribution is 2.47. The molecule has 10 heteroatoms. The molecule has 2 rings (SSSR count). The molecule has 31 heavy (non-hydrogen) atoms. The first kappa shape index (κ1) is 25.2. The van der Waals surface area contributed by atoms with E-state index in [0.717, 1.165) is 0 Å². The monoisotopic (exact) mass is 561 g/mol. The number of hydrogen-bond acceptors (Lipinski definition) is 7. The standard InChI is InChI=1S/C21H25INO7P/c1-13(2)28-20(24)15(4)23-31(26,29-17-9-7-6-8-10-17)30-19-14(3)11-16(12-18(19)22)21(25)27-5/h6-13,15H,1-5H3,(H,23,26)/t15-,31?/m0/s1. The smallest absolute Gasteiger partial charge is 0.465 e. The molecule has 0 aliphatic rings. The molecule has 0 aromatic heterocycles. The third-order valence-corrected chi connectivity index (χ3v) is 6.27. The van der Waals surface area contributed by atoms with Gasteiger partial charge in [0.15, 0.2) is 0 Å². The average molecular weight is 561 g/mol. The van der Waals surface area contributed by atoms with E-state index >= 15 is 0 Å². The zero-order chi connectivity index (χ0) is 23.2. The van der Waals surface area contributed by atoms with E-state index in [4.69, 9.17) is 18.5 Å². The number of aryl methyl sites for hydroxylation is 1. The van der Waals surface area contributed by atoms with E-state index in [-0.39, 0.29) is 11.9 Å². The molecule has 0 aliphatic heterocycles. The lowest BCUT2D eigenvalue weighted by atomic mass is 10.1. The Hall–Kier alpha value is -2.10. The van der Waals surface area contributed by atoms with Gasteiger partial charge in [-0.2, -0.15) is 5.09 Å². The molecule has 0 saturated heterocycles. The lowest BCUT2D eigenvalue weighted by molar-refractivity contribution is -0.149. The summed E-state index contributed by atoms with van der Waals surface area (Å²) in [5.74, 6) is -0.548. The number of ether oxygens (including phenoxy) is 2. The Morgan fingerprint density at radius 2 is 1.71 bits per heavy atom. The summed E-state index contributed by atoms with van der Waals surface area (Å²) >= 11 is 1.97. The zero-order valence-electron chi connectivity index (χ0n) is 17.9. The molecule has 1 unspecified atom stereocenters. The van der Waals surface area contributed by atoms with Gasteiger partial charge in [0, 0.05) is 0 Å². The summed E-state index contributed by atoms with van der Waals surface area (Å²) in [6.07, 6.45) is -0.332. The van der Waals surface area contributed by atoms with Crippen LogP contribution in [0.4, 0.5) is 0 Å². The predicted molar refractivity (Wildman–Crippen MR) is 124 cm³/mol. The van der Waals surface area contributed by atoms with Crippen LogP contribution in [0, 0.1) is 10.5 Å². The fraction of sp³-hybridized carbons (Fsp3) is 0.333. The Bertz CT molecular complexity index is 958. The topological polar surface area (TPSA) is 100 Å². The van der Waals surface area contributed by atoms with Gasteiger partial charge in [-0.05, 0) is 80.1 Å². The minimum atomic E-state index is -4.09. The maximum absolute atomic E-state index is 13.7. The number of carbonyl (C=O) groups excluding carboxylic acids is 2. The van der Waals surface area contributed by atoms with Crippen molar-refractivity contribution in [1.29, 1.82) is 0 Å². The molecule has 0 aliphatic carbocycles. The number of halogens is 1. The molecule has 1 N–H and O–H groups in total. The van der Waals surface area contributed by atoms with Gasteiger partial charge < -0.3 is 18.5 Å². The number of hydrogen-bond donors (Lipinski definition) is 1. The van der Waals surface area contributed by atoms with E-state index in [9.17, 15) is 14.2 Å². The Balaban J connectivity index is 2.38. The SMILES string of the molecule is COC(=O)c1cc(C)c(OP(=O)(N[C@@H](C)C(=O)OC(C)C)Oc2ccccc2)c(I)c1. The maximum atomic E-state index is 13.7. The maximum Gasteiger partial charge on any atom is 0.513 e. The summed E-state index contributed by atoms with van der Waals surface area (Å²) in [4.78, 5) is 24.1. The third kappa shape index (κ3) is 7.22. The van der Waals surface area contributed by atoms with Gasteiger partial charge in [0.25, 0.3) is 0 Å². The van der Waals surface area contributed by atoms with Crippen LogP contribution in [0.5, 0.6) is 11.5 Å². The summed E-state index contributed by atoms with van der Waals surface area (Å²) < 4.78 is 35.6. The fourth-order valence-electron chi connectivity index (χ4n) is 2.52. The zero-order valence-corrected chi connectivity index (χ0v) is 20.9. The van der Waals surface area contributed by atoms with Crippen molar-refractivity contribution in [2.75, 3.05) is 7.11 Å². The first-order chi connectivity index (χ1) is 14.5. The molecule has 2 atom stereocenters. The summed E-state index contributed by atoms with van der Waals surface area (Å²) in [5.41, 5.74) is 0.876. The van der Waals surface area contributed by atoms with Gasteiger partial charge in [0.05, 0.1) is 22.3 Å². The van der Waals surface area contributed by atoms with E-state index < -0.39 is 25.7 Å². The lowest BCUT2D eigenvalue weighted by Gasteiger charge is -2.25. The highest BCUT2D eigenvalue weighted by Gasteiger charge is 2.35. The molecule has 0 bridgehead atoms. The molecule has 0 radical (unpaired) electrons. The van der Waals surface area contributed by atoms with Gasteiger partial charge in [0.2, 0.25) is 0 Å². The second-order valence-corrected chi connectivity index (χ2v) is 9.71. The minimum absolute atomic E-state index is 0.254. The van der Waals surface area contributed by atoms with Crippen molar-refractivity contribution in [3.8, 4) is 11.5 Å². The van der Waals surface area contributed by atoms with Crippen molar-refractivity contribution in [1.82, 2.24) is 5.09 Å². The molecule has 0 saturated carbocycles. The first-order valence-electron chi connectivity index (χ1n) is 9.45. The second kappa shape index (κ2) is 11.0. The summed E-state index contributed by atoms with van der Waals surface area (Å²) in [7, 11) is -2.80. The van der Waals surface area contributed by atoms with Gasteiger partial charge in [-0.3, -0.25) is 4.79 Å². The Morgan fingerprint density at radius 1 is 1.06 bits per heavy atom. The molecular weight excluding hydrogens is 536 g/mol. The van der Waals surface area contributed by atoms with Crippen LogP contribution in [0.2, 0.25) is 0 Å². The summed E-state index contributed by atoms with van der Waals surface area (Å²) in [5, 5.41) is 2.64. The number of para-hydroxylation sites is 1. The Kier molecular flexibility index (Phi) is 8.90. The second-order valence-electron chi connectivity index (χ2n) is 6.93. The molecule has 8 nitrogen and oxygen atoms in total. The molecule has 2 aromatic rings. The molecule has 2 aromatic carbocycles. The largest absolute Gasteiger partial charge is 0.513 e. The number of nitrogens with one attached hydrogen (secondary N) is 1. The molecule has 0 heterocycles. The van der Waals surface area contributed by atoms with Crippen molar-refractivity contribution >= 4 is 42.3 Å². The number of rotatable bonds is 9. The lowest BCUT2D eigenvalue weighted by Crippen LogP contribution is -2.37. The normalized spacial score (nSPS) is 13.8. The highest BCUT2D eigenvalue weighted by atomic mass is 127. The molecule has 0 spiro atoms. The van der Waals surface area contributed by atoms with E-state index in [1.807, 2.05) is 22.6 Å². The Labute approximate surface area is 195 Å². The molecule has 0 fully saturated rings. The van der Waals surface area contributed by atoms with Crippen LogP contribution in [0.25, 0.3) is 0 Å². The van der Waals surface area contributed by atoms with Crippen LogP contribution in [-0.2, 0) is 18.8 Å². The fourth-order valence-corrected chi connectivity index (χ4v) is 5.17. The van der Waals surface area contributed by atoms with Crippen molar-refractivity contribution in [3.63, 3.8) is 0 Å². The Morgan fingerprint density at radius 3 is 2.26 bits per heavy atom. The summed E-state index contributed by atoms with van der Waals surface area (Å²) in [6, 6.07) is 10.6. The van der Waals surface area contributed by atoms with Gasteiger partial charge in [0.1, 0.15) is 17.5 Å². The van der Waals surface area contributed by atoms with Crippen molar-refractivity contribution in [2.45, 2.75) is 39.8 Å². The van der Waals surface area contributed by atoms with Crippen LogP contribution >= 0.6 is 30.3 Å².